The predicted molar refractivity (Wildman–Crippen MR) is 169 cm³/mol. The number of hydrogen-bond donors (Lipinski definition) is 3. The van der Waals surface area contributed by atoms with Crippen LogP contribution in [0.3, 0.4) is 0 Å². The number of hydrogen-bond acceptors (Lipinski definition) is 5. The number of benzene rings is 2. The zero-order chi connectivity index (χ0) is 30.3. The average Bonchev–Trinajstić information content (AvgIpc) is 3.27. The number of Topliss-reactive ketones (excluding diaryl/α,β-unsaturated/α-hetero) is 1. The maximum Gasteiger partial charge on any atom is 0.189 e. The van der Waals surface area contributed by atoms with Crippen LogP contribution in [0, 0.1) is 33.5 Å². The third-order valence-electron chi connectivity index (χ3n) is 13.2. The van der Waals surface area contributed by atoms with E-state index in [1.165, 1.54) is 0 Å². The van der Waals surface area contributed by atoms with Crippen molar-refractivity contribution in [3.05, 3.63) is 84.0 Å². The fourth-order valence-electron chi connectivity index (χ4n) is 10.9. The molecule has 0 heterocycles. The van der Waals surface area contributed by atoms with Gasteiger partial charge in [0, 0.05) is 40.5 Å². The average molecular weight is 582 g/mol. The topological polar surface area (TPSA) is 81.0 Å². The van der Waals surface area contributed by atoms with E-state index in [9.17, 15) is 20.1 Å². The Labute approximate surface area is 256 Å². The summed E-state index contributed by atoms with van der Waals surface area (Å²) in [7, 11) is 1.98. The van der Waals surface area contributed by atoms with Crippen LogP contribution in [-0.2, 0) is 0 Å². The molecule has 43 heavy (non-hydrogen) atoms. The molecule has 2 spiro atoms. The summed E-state index contributed by atoms with van der Waals surface area (Å²) in [5, 5.41) is 32.9. The summed E-state index contributed by atoms with van der Waals surface area (Å²) in [6.45, 7) is 5.82. The number of likely N-dealkylation sites (N-methyl/N-ethyl adjacent to an activating group) is 1. The zero-order valence-corrected chi connectivity index (χ0v) is 25.9. The van der Waals surface area contributed by atoms with Gasteiger partial charge in [0.05, 0.1) is 18.3 Å². The Bertz CT molecular complexity index is 1470. The van der Waals surface area contributed by atoms with Gasteiger partial charge >= 0.3 is 0 Å². The number of fused-ring (bicyclic) bond motifs is 1. The van der Waals surface area contributed by atoms with Crippen molar-refractivity contribution in [2.24, 2.45) is 33.5 Å². The zero-order valence-electron chi connectivity index (χ0n) is 25.9. The molecule has 0 radical (unpaired) electrons. The number of ketones is 1. The minimum Gasteiger partial charge on any atom is -0.395 e. The van der Waals surface area contributed by atoms with E-state index in [1.54, 1.807) is 0 Å². The van der Waals surface area contributed by atoms with Crippen molar-refractivity contribution in [1.29, 1.82) is 0 Å². The van der Waals surface area contributed by atoms with Crippen molar-refractivity contribution < 1.29 is 20.1 Å². The van der Waals surface area contributed by atoms with Gasteiger partial charge in [-0.1, -0.05) is 86.7 Å². The molecule has 3 fully saturated rings. The van der Waals surface area contributed by atoms with Crippen LogP contribution in [0.25, 0.3) is 11.1 Å². The van der Waals surface area contributed by atoms with Gasteiger partial charge < -0.3 is 20.2 Å². The molecule has 8 rings (SSSR count). The predicted octanol–water partition coefficient (Wildman–Crippen LogP) is 6.05. The number of allylic oxidation sites excluding steroid dienone is 4. The monoisotopic (exact) mass is 581 g/mol. The van der Waals surface area contributed by atoms with Crippen LogP contribution < -0.4 is 0 Å². The molecule has 2 bridgehead atoms. The molecule has 0 aromatic heterocycles. The van der Waals surface area contributed by atoms with Gasteiger partial charge in [0.25, 0.3) is 0 Å². The van der Waals surface area contributed by atoms with Gasteiger partial charge in [-0.2, -0.15) is 0 Å². The highest BCUT2D eigenvalue weighted by atomic mass is 16.3. The molecule has 2 aromatic rings. The fourth-order valence-corrected chi connectivity index (χ4v) is 10.9. The Balaban J connectivity index is 1.34. The van der Waals surface area contributed by atoms with Crippen LogP contribution in [0.1, 0.15) is 69.2 Å². The molecule has 8 atom stereocenters. The largest absolute Gasteiger partial charge is 0.395 e. The molecule has 0 amide bonds. The third kappa shape index (κ3) is 3.94. The van der Waals surface area contributed by atoms with E-state index in [0.29, 0.717) is 31.5 Å². The first kappa shape index (κ1) is 29.2. The van der Waals surface area contributed by atoms with E-state index in [0.717, 1.165) is 48.8 Å². The number of aliphatic hydroxyl groups is 3. The molecule has 6 aliphatic rings. The molecule has 228 valence electrons. The van der Waals surface area contributed by atoms with Crippen molar-refractivity contribution in [3.63, 3.8) is 0 Å². The SMILES string of the molecule is CN(CCO)CC1(O)CCC2C34C=CC5(C=C3C(=O)c3ccc(-c6ccccc6)cc3)CC(O)CCC5(C)C4CCC21C. The first-order valence-corrected chi connectivity index (χ1v) is 16.4. The van der Waals surface area contributed by atoms with Gasteiger partial charge in [0.15, 0.2) is 5.78 Å². The minimum atomic E-state index is -0.893. The van der Waals surface area contributed by atoms with E-state index >= 15 is 0 Å². The van der Waals surface area contributed by atoms with Crippen LogP contribution in [0.5, 0.6) is 0 Å². The van der Waals surface area contributed by atoms with Crippen molar-refractivity contribution >= 4 is 5.78 Å². The smallest absolute Gasteiger partial charge is 0.189 e. The van der Waals surface area contributed by atoms with E-state index in [2.05, 4.69) is 61.2 Å². The first-order valence-electron chi connectivity index (χ1n) is 16.4. The third-order valence-corrected chi connectivity index (χ3v) is 13.2. The number of aliphatic hydroxyl groups excluding tert-OH is 2. The van der Waals surface area contributed by atoms with Crippen LogP contribution in [0.2, 0.25) is 0 Å². The molecule has 8 unspecified atom stereocenters. The molecule has 5 heteroatoms. The number of nitrogens with zero attached hydrogens (tertiary/aromatic N) is 1. The number of carbonyl (C=O) groups excluding carboxylic acids is 1. The van der Waals surface area contributed by atoms with Crippen molar-refractivity contribution in [2.45, 2.75) is 70.5 Å². The summed E-state index contributed by atoms with van der Waals surface area (Å²) in [5.74, 6) is 0.497. The first-order chi connectivity index (χ1) is 20.5. The summed E-state index contributed by atoms with van der Waals surface area (Å²) >= 11 is 0. The Morgan fingerprint density at radius 3 is 2.26 bits per heavy atom. The van der Waals surface area contributed by atoms with Gasteiger partial charge in [-0.05, 0) is 80.4 Å². The number of carbonyl (C=O) groups is 1. The van der Waals surface area contributed by atoms with Gasteiger partial charge in [0.1, 0.15) is 0 Å². The lowest BCUT2D eigenvalue weighted by Crippen LogP contribution is -2.67. The molecule has 0 aliphatic heterocycles. The lowest BCUT2D eigenvalue weighted by Gasteiger charge is -2.71. The second-order valence-corrected chi connectivity index (χ2v) is 15.0. The number of rotatable bonds is 7. The highest BCUT2D eigenvalue weighted by molar-refractivity contribution is 6.10. The van der Waals surface area contributed by atoms with E-state index in [-0.39, 0.29) is 46.6 Å². The Kier molecular flexibility index (Phi) is 6.76. The molecule has 3 N–H and O–H groups in total. The molecular formula is C38H47NO4. The maximum absolute atomic E-state index is 14.8. The second-order valence-electron chi connectivity index (χ2n) is 15.0. The lowest BCUT2D eigenvalue weighted by atomic mass is 9.32. The van der Waals surface area contributed by atoms with E-state index in [4.69, 9.17) is 0 Å². The van der Waals surface area contributed by atoms with Gasteiger partial charge in [-0.25, -0.2) is 0 Å². The Hall–Kier alpha value is -2.57. The Morgan fingerprint density at radius 2 is 1.53 bits per heavy atom. The molecule has 0 saturated heterocycles. The molecule has 6 aliphatic carbocycles. The summed E-state index contributed by atoms with van der Waals surface area (Å²) in [6, 6.07) is 18.3. The van der Waals surface area contributed by atoms with Crippen molar-refractivity contribution in [1.82, 2.24) is 4.90 Å². The summed E-state index contributed by atoms with van der Waals surface area (Å²) < 4.78 is 0. The molecular weight excluding hydrogens is 534 g/mol. The minimum absolute atomic E-state index is 0.0440. The highest BCUT2D eigenvalue weighted by Crippen LogP contribution is 2.78. The van der Waals surface area contributed by atoms with Crippen LogP contribution >= 0.6 is 0 Å². The maximum atomic E-state index is 14.8. The normalized spacial score (nSPS) is 41.0. The fraction of sp³-hybridized carbons (Fsp3) is 0.553. The quantitative estimate of drug-likeness (QED) is 0.274. The lowest BCUT2D eigenvalue weighted by molar-refractivity contribution is -0.175. The second kappa shape index (κ2) is 9.97. The van der Waals surface area contributed by atoms with Crippen LogP contribution in [0.15, 0.2) is 78.4 Å². The highest BCUT2D eigenvalue weighted by Gasteiger charge is 2.74. The van der Waals surface area contributed by atoms with Crippen LogP contribution in [-0.4, -0.2) is 64.5 Å². The summed E-state index contributed by atoms with van der Waals surface area (Å²) in [6.07, 6.45) is 12.5. The van der Waals surface area contributed by atoms with E-state index < -0.39 is 11.0 Å². The molecule has 3 saturated carbocycles. The molecule has 5 nitrogen and oxygen atoms in total. The van der Waals surface area contributed by atoms with Gasteiger partial charge in [-0.3, -0.25) is 4.79 Å². The van der Waals surface area contributed by atoms with Crippen LogP contribution in [0.4, 0.5) is 0 Å². The van der Waals surface area contributed by atoms with Gasteiger partial charge in [-0.15, -0.1) is 0 Å². The van der Waals surface area contributed by atoms with Crippen molar-refractivity contribution in [3.8, 4) is 11.1 Å². The Morgan fingerprint density at radius 1 is 0.884 bits per heavy atom. The van der Waals surface area contributed by atoms with Crippen molar-refractivity contribution in [2.75, 3.05) is 26.7 Å². The van der Waals surface area contributed by atoms with E-state index in [1.807, 2.05) is 37.4 Å². The summed E-state index contributed by atoms with van der Waals surface area (Å²) in [5.41, 5.74) is 1.72. The molecule has 2 aromatic carbocycles. The van der Waals surface area contributed by atoms with Gasteiger partial charge in [0.2, 0.25) is 0 Å². The standard InChI is InChI=1S/C38H47NO4/c1-34-16-13-29(41)23-36(34)19-20-38(30(24-36)33(42)28-11-9-27(10-12-28)26-7-5-4-6-8-26)31(34)14-17-35(2)32(38)15-18-37(35,43)25-39(3)21-22-40/h4-12,19-20,24,29,31-32,40-41,43H,13-18,21-23,25H2,1-3H3. The summed E-state index contributed by atoms with van der Waals surface area (Å²) in [4.78, 5) is 16.9.